The number of amides is 1. The SMILES string of the molecule is COc1ccc(Cl)cc1NC(=O)/C=C/c1cccc2cccnc12. The van der Waals surface area contributed by atoms with Crippen molar-refractivity contribution in [3.05, 3.63) is 71.4 Å². The first-order chi connectivity index (χ1) is 11.7. The van der Waals surface area contributed by atoms with Gasteiger partial charge in [0.05, 0.1) is 18.3 Å². The average Bonchev–Trinajstić information content (AvgIpc) is 2.60. The topological polar surface area (TPSA) is 51.2 Å². The fraction of sp³-hybridized carbons (Fsp3) is 0.0526. The molecule has 1 N–H and O–H groups in total. The molecule has 0 aliphatic heterocycles. The Balaban J connectivity index is 1.82. The number of ether oxygens (including phenoxy) is 1. The highest BCUT2D eigenvalue weighted by Gasteiger charge is 2.06. The standard InChI is InChI=1S/C19H15ClN2O2/c1-24-17-9-8-15(20)12-16(17)22-18(23)10-7-14-5-2-4-13-6-3-11-21-19(13)14/h2-12H,1H3,(H,22,23)/b10-7+. The molecule has 0 bridgehead atoms. The van der Waals surface area contributed by atoms with Gasteiger partial charge in [-0.2, -0.15) is 0 Å². The van der Waals surface area contributed by atoms with Gasteiger partial charge in [0, 0.05) is 28.2 Å². The van der Waals surface area contributed by atoms with Crippen LogP contribution in [0.3, 0.4) is 0 Å². The van der Waals surface area contributed by atoms with Gasteiger partial charge in [-0.15, -0.1) is 0 Å². The fourth-order valence-electron chi connectivity index (χ4n) is 2.38. The van der Waals surface area contributed by atoms with E-state index in [4.69, 9.17) is 16.3 Å². The molecule has 0 radical (unpaired) electrons. The molecule has 4 nitrogen and oxygen atoms in total. The predicted molar refractivity (Wildman–Crippen MR) is 97.4 cm³/mol. The summed E-state index contributed by atoms with van der Waals surface area (Å²) in [6, 6.07) is 14.7. The van der Waals surface area contributed by atoms with Crippen LogP contribution in [0.5, 0.6) is 5.75 Å². The number of aromatic nitrogens is 1. The van der Waals surface area contributed by atoms with Crippen molar-refractivity contribution in [3.8, 4) is 5.75 Å². The zero-order valence-corrected chi connectivity index (χ0v) is 13.7. The van der Waals surface area contributed by atoms with E-state index in [0.29, 0.717) is 16.5 Å². The molecule has 1 aromatic heterocycles. The van der Waals surface area contributed by atoms with Crippen molar-refractivity contribution in [1.82, 2.24) is 4.98 Å². The van der Waals surface area contributed by atoms with E-state index in [1.165, 1.54) is 13.2 Å². The number of hydrogen-bond acceptors (Lipinski definition) is 3. The molecular formula is C19H15ClN2O2. The van der Waals surface area contributed by atoms with Gasteiger partial charge >= 0.3 is 0 Å². The Bertz CT molecular complexity index is 917. The zero-order chi connectivity index (χ0) is 16.9. The smallest absolute Gasteiger partial charge is 0.248 e. The first kappa shape index (κ1) is 16.0. The Morgan fingerprint density at radius 3 is 2.88 bits per heavy atom. The highest BCUT2D eigenvalue weighted by molar-refractivity contribution is 6.31. The minimum atomic E-state index is -0.275. The molecule has 0 unspecified atom stereocenters. The molecular weight excluding hydrogens is 324 g/mol. The third-order valence-electron chi connectivity index (χ3n) is 3.50. The third-order valence-corrected chi connectivity index (χ3v) is 3.73. The highest BCUT2D eigenvalue weighted by Crippen LogP contribution is 2.27. The second-order valence-corrected chi connectivity index (χ2v) is 5.53. The number of pyridine rings is 1. The molecule has 2 aromatic carbocycles. The number of nitrogens with zero attached hydrogens (tertiary/aromatic N) is 1. The molecule has 5 heteroatoms. The lowest BCUT2D eigenvalue weighted by molar-refractivity contribution is -0.111. The number of fused-ring (bicyclic) bond motifs is 1. The van der Waals surface area contributed by atoms with Gasteiger partial charge in [-0.1, -0.05) is 35.9 Å². The molecule has 0 atom stereocenters. The number of para-hydroxylation sites is 1. The molecule has 1 heterocycles. The van der Waals surface area contributed by atoms with Crippen LogP contribution >= 0.6 is 11.6 Å². The predicted octanol–water partition coefficient (Wildman–Crippen LogP) is 4.55. The van der Waals surface area contributed by atoms with E-state index < -0.39 is 0 Å². The average molecular weight is 339 g/mol. The largest absolute Gasteiger partial charge is 0.495 e. The summed E-state index contributed by atoms with van der Waals surface area (Å²) in [4.78, 5) is 16.5. The molecule has 0 spiro atoms. The van der Waals surface area contributed by atoms with Crippen LogP contribution in [-0.2, 0) is 4.79 Å². The molecule has 0 saturated heterocycles. The van der Waals surface area contributed by atoms with E-state index >= 15 is 0 Å². The van der Waals surface area contributed by atoms with Gasteiger partial charge in [0.25, 0.3) is 0 Å². The molecule has 0 saturated carbocycles. The van der Waals surface area contributed by atoms with Crippen molar-refractivity contribution in [3.63, 3.8) is 0 Å². The van der Waals surface area contributed by atoms with E-state index in [-0.39, 0.29) is 5.91 Å². The Labute approximate surface area is 144 Å². The zero-order valence-electron chi connectivity index (χ0n) is 13.0. The Kier molecular flexibility index (Phi) is 4.77. The van der Waals surface area contributed by atoms with Crippen molar-refractivity contribution in [1.29, 1.82) is 0 Å². The number of nitrogens with one attached hydrogen (secondary N) is 1. The molecule has 3 aromatic rings. The number of benzene rings is 2. The minimum Gasteiger partial charge on any atom is -0.495 e. The van der Waals surface area contributed by atoms with Crippen LogP contribution < -0.4 is 10.1 Å². The second kappa shape index (κ2) is 7.15. The number of carbonyl (C=O) groups is 1. The summed E-state index contributed by atoms with van der Waals surface area (Å²) in [6.07, 6.45) is 4.93. The maximum Gasteiger partial charge on any atom is 0.248 e. The second-order valence-electron chi connectivity index (χ2n) is 5.09. The van der Waals surface area contributed by atoms with Crippen molar-refractivity contribution < 1.29 is 9.53 Å². The summed E-state index contributed by atoms with van der Waals surface area (Å²) < 4.78 is 5.21. The van der Waals surface area contributed by atoms with Crippen LogP contribution in [0.1, 0.15) is 5.56 Å². The van der Waals surface area contributed by atoms with E-state index in [1.807, 2.05) is 30.3 Å². The van der Waals surface area contributed by atoms with Gasteiger partial charge in [0.15, 0.2) is 0 Å². The van der Waals surface area contributed by atoms with E-state index in [2.05, 4.69) is 10.3 Å². The van der Waals surface area contributed by atoms with Crippen LogP contribution in [0, 0.1) is 0 Å². The molecule has 0 fully saturated rings. The Morgan fingerprint density at radius 1 is 1.21 bits per heavy atom. The van der Waals surface area contributed by atoms with E-state index in [1.54, 1.807) is 30.5 Å². The van der Waals surface area contributed by atoms with Crippen molar-refractivity contribution in [2.75, 3.05) is 12.4 Å². The van der Waals surface area contributed by atoms with Gasteiger partial charge in [-0.25, -0.2) is 0 Å². The van der Waals surface area contributed by atoms with Crippen molar-refractivity contribution in [2.45, 2.75) is 0 Å². The lowest BCUT2D eigenvalue weighted by Gasteiger charge is -2.09. The van der Waals surface area contributed by atoms with Crippen molar-refractivity contribution >= 4 is 40.2 Å². The van der Waals surface area contributed by atoms with Gasteiger partial charge < -0.3 is 10.1 Å². The summed E-state index contributed by atoms with van der Waals surface area (Å²) in [5.74, 6) is 0.275. The van der Waals surface area contributed by atoms with E-state index in [0.717, 1.165) is 16.5 Å². The van der Waals surface area contributed by atoms with Gasteiger partial charge in [-0.3, -0.25) is 9.78 Å². The maximum absolute atomic E-state index is 12.2. The van der Waals surface area contributed by atoms with Crippen LogP contribution in [0.4, 0.5) is 5.69 Å². The minimum absolute atomic E-state index is 0.275. The number of halogens is 1. The number of methoxy groups -OCH3 is 1. The Morgan fingerprint density at radius 2 is 2.04 bits per heavy atom. The first-order valence-corrected chi connectivity index (χ1v) is 7.71. The lowest BCUT2D eigenvalue weighted by Crippen LogP contribution is -2.08. The van der Waals surface area contributed by atoms with Crippen LogP contribution in [-0.4, -0.2) is 18.0 Å². The lowest BCUT2D eigenvalue weighted by atomic mass is 10.1. The number of anilines is 1. The molecule has 0 aliphatic carbocycles. The maximum atomic E-state index is 12.2. The fourth-order valence-corrected chi connectivity index (χ4v) is 2.55. The number of rotatable bonds is 4. The molecule has 3 rings (SSSR count). The third kappa shape index (κ3) is 3.55. The number of carbonyl (C=O) groups excluding carboxylic acids is 1. The summed E-state index contributed by atoms with van der Waals surface area (Å²) >= 11 is 5.96. The normalized spacial score (nSPS) is 10.9. The van der Waals surface area contributed by atoms with Crippen molar-refractivity contribution in [2.24, 2.45) is 0 Å². The Hall–Kier alpha value is -2.85. The van der Waals surface area contributed by atoms with Gasteiger partial charge in [0.1, 0.15) is 5.75 Å². The monoisotopic (exact) mass is 338 g/mol. The highest BCUT2D eigenvalue weighted by atomic mass is 35.5. The van der Waals surface area contributed by atoms with E-state index in [9.17, 15) is 4.79 Å². The van der Waals surface area contributed by atoms with Crippen LogP contribution in [0.2, 0.25) is 5.02 Å². The van der Waals surface area contributed by atoms with Gasteiger partial charge in [-0.05, 0) is 30.3 Å². The molecule has 24 heavy (non-hydrogen) atoms. The first-order valence-electron chi connectivity index (χ1n) is 7.34. The molecule has 0 aliphatic rings. The quantitative estimate of drug-likeness (QED) is 0.710. The van der Waals surface area contributed by atoms with Crippen LogP contribution in [0.25, 0.3) is 17.0 Å². The summed E-state index contributed by atoms with van der Waals surface area (Å²) in [6.45, 7) is 0. The summed E-state index contributed by atoms with van der Waals surface area (Å²) in [5.41, 5.74) is 2.25. The van der Waals surface area contributed by atoms with Crippen LogP contribution in [0.15, 0.2) is 60.8 Å². The molecule has 1 amide bonds. The number of hydrogen-bond donors (Lipinski definition) is 1. The van der Waals surface area contributed by atoms with Gasteiger partial charge in [0.2, 0.25) is 5.91 Å². The molecule has 120 valence electrons. The summed E-state index contributed by atoms with van der Waals surface area (Å²) in [5, 5.41) is 4.31. The summed E-state index contributed by atoms with van der Waals surface area (Å²) in [7, 11) is 1.54.